The van der Waals surface area contributed by atoms with Gasteiger partial charge in [-0.05, 0) is 58.6 Å². The number of rotatable bonds is 0. The first kappa shape index (κ1) is 15.1. The predicted octanol–water partition coefficient (Wildman–Crippen LogP) is 6.78. The molecule has 0 fully saturated rings. The van der Waals surface area contributed by atoms with Crippen LogP contribution in [0.2, 0.25) is 0 Å². The minimum atomic E-state index is -0.0310. The van der Waals surface area contributed by atoms with E-state index in [1.165, 1.54) is 0 Å². The number of benzene rings is 3. The van der Waals surface area contributed by atoms with E-state index in [1.807, 2.05) is 48.5 Å². The Labute approximate surface area is 159 Å². The molecule has 0 atom stereocenters. The van der Waals surface area contributed by atoms with Crippen molar-refractivity contribution in [2.45, 2.75) is 0 Å². The van der Waals surface area contributed by atoms with E-state index in [0.717, 1.165) is 41.5 Å². The van der Waals surface area contributed by atoms with Crippen molar-refractivity contribution in [2.75, 3.05) is 0 Å². The molecule has 25 heavy (non-hydrogen) atoms. The summed E-state index contributed by atoms with van der Waals surface area (Å²) >= 11 is 7.00. The summed E-state index contributed by atoms with van der Waals surface area (Å²) in [4.78, 5) is 12.9. The van der Waals surface area contributed by atoms with Crippen molar-refractivity contribution in [1.82, 2.24) is 0 Å². The van der Waals surface area contributed by atoms with E-state index in [0.29, 0.717) is 11.0 Å². The Morgan fingerprint density at radius 1 is 0.680 bits per heavy atom. The average Bonchev–Trinajstić information content (AvgIpc) is 2.93. The first-order chi connectivity index (χ1) is 12.1. The molecular weight excluding hydrogens is 444 g/mol. The molecule has 0 radical (unpaired) electrons. The summed E-state index contributed by atoms with van der Waals surface area (Å²) in [7, 11) is 0. The zero-order chi connectivity index (χ0) is 17.1. The summed E-state index contributed by atoms with van der Waals surface area (Å²) in [6.45, 7) is 0. The van der Waals surface area contributed by atoms with Crippen LogP contribution < -0.4 is 5.43 Å². The molecule has 0 bridgehead atoms. The standard InChI is InChI=1S/C21H10Br2O2/c22-13-3-5-15-11(9-13)2-8-18-19(15)20-17(24)7-1-12-10-14(23)4-6-16(12)21(20)25-18/h1-10H. The first-order valence-electron chi connectivity index (χ1n) is 7.79. The van der Waals surface area contributed by atoms with Crippen molar-refractivity contribution < 1.29 is 4.42 Å². The van der Waals surface area contributed by atoms with Crippen molar-refractivity contribution in [3.8, 4) is 0 Å². The first-order valence-corrected chi connectivity index (χ1v) is 9.37. The third kappa shape index (κ3) is 2.25. The van der Waals surface area contributed by atoms with Gasteiger partial charge in [0.25, 0.3) is 0 Å². The molecule has 0 spiro atoms. The van der Waals surface area contributed by atoms with Crippen molar-refractivity contribution in [1.29, 1.82) is 0 Å². The number of fused-ring (bicyclic) bond motifs is 7. The fourth-order valence-electron chi connectivity index (χ4n) is 3.45. The van der Waals surface area contributed by atoms with Gasteiger partial charge in [-0.15, -0.1) is 0 Å². The molecule has 1 aromatic heterocycles. The van der Waals surface area contributed by atoms with Gasteiger partial charge in [-0.3, -0.25) is 4.79 Å². The Hall–Kier alpha value is -2.17. The SMILES string of the molecule is O=c1ccc2cc(Br)ccc2c2oc3ccc4cc(Br)ccc4c3c12. The molecule has 0 aliphatic heterocycles. The minimum absolute atomic E-state index is 0.0310. The molecule has 0 aliphatic rings. The molecular formula is C21H10Br2O2. The number of hydrogen-bond acceptors (Lipinski definition) is 2. The Bertz CT molecular complexity index is 1380. The molecule has 5 rings (SSSR count). The van der Waals surface area contributed by atoms with Gasteiger partial charge in [-0.2, -0.15) is 0 Å². The maximum atomic E-state index is 12.9. The highest BCUT2D eigenvalue weighted by atomic mass is 79.9. The molecule has 0 saturated carbocycles. The monoisotopic (exact) mass is 452 g/mol. The fourth-order valence-corrected chi connectivity index (χ4v) is 4.21. The number of halogens is 2. The third-order valence-electron chi connectivity index (χ3n) is 4.55. The Balaban J connectivity index is 2.13. The lowest BCUT2D eigenvalue weighted by molar-refractivity contribution is 0.673. The van der Waals surface area contributed by atoms with Crippen molar-refractivity contribution in [2.24, 2.45) is 0 Å². The highest BCUT2D eigenvalue weighted by Gasteiger charge is 2.15. The Kier molecular flexibility index (Phi) is 3.27. The molecule has 1 heterocycles. The van der Waals surface area contributed by atoms with Crippen LogP contribution in [-0.4, -0.2) is 0 Å². The summed E-state index contributed by atoms with van der Waals surface area (Å²) in [5, 5.41) is 5.51. The molecule has 0 amide bonds. The predicted molar refractivity (Wildman–Crippen MR) is 110 cm³/mol. The van der Waals surface area contributed by atoms with Crippen LogP contribution in [0, 0.1) is 0 Å². The Morgan fingerprint density at radius 2 is 1.32 bits per heavy atom. The lowest BCUT2D eigenvalue weighted by atomic mass is 10.0. The van der Waals surface area contributed by atoms with E-state index >= 15 is 0 Å². The van der Waals surface area contributed by atoms with Crippen molar-refractivity contribution in [3.05, 3.63) is 79.8 Å². The molecule has 0 N–H and O–H groups in total. The van der Waals surface area contributed by atoms with Gasteiger partial charge in [0, 0.05) is 19.7 Å². The maximum Gasteiger partial charge on any atom is 0.190 e. The molecule has 120 valence electrons. The number of hydrogen-bond donors (Lipinski definition) is 0. The maximum absolute atomic E-state index is 12.9. The van der Waals surface area contributed by atoms with E-state index in [9.17, 15) is 4.79 Å². The summed E-state index contributed by atoms with van der Waals surface area (Å²) in [5.74, 6) is 0. The highest BCUT2D eigenvalue weighted by molar-refractivity contribution is 9.10. The van der Waals surface area contributed by atoms with Crippen LogP contribution in [0.3, 0.4) is 0 Å². The van der Waals surface area contributed by atoms with Gasteiger partial charge in [0.15, 0.2) is 5.43 Å². The average molecular weight is 454 g/mol. The second-order valence-corrected chi connectivity index (χ2v) is 7.87. The van der Waals surface area contributed by atoms with Crippen molar-refractivity contribution >= 4 is 75.3 Å². The zero-order valence-electron chi connectivity index (χ0n) is 12.8. The van der Waals surface area contributed by atoms with Crippen molar-refractivity contribution in [3.63, 3.8) is 0 Å². The second-order valence-electron chi connectivity index (χ2n) is 6.04. The molecule has 4 heteroatoms. The van der Waals surface area contributed by atoms with Crippen LogP contribution >= 0.6 is 31.9 Å². The van der Waals surface area contributed by atoms with Crippen LogP contribution in [0.5, 0.6) is 0 Å². The van der Waals surface area contributed by atoms with E-state index in [-0.39, 0.29) is 5.43 Å². The van der Waals surface area contributed by atoms with Gasteiger partial charge in [0.2, 0.25) is 0 Å². The molecule has 2 nitrogen and oxygen atoms in total. The van der Waals surface area contributed by atoms with Crippen LogP contribution in [0.1, 0.15) is 0 Å². The van der Waals surface area contributed by atoms with Crippen LogP contribution in [0.15, 0.2) is 78.8 Å². The lowest BCUT2D eigenvalue weighted by Crippen LogP contribution is -1.93. The third-order valence-corrected chi connectivity index (χ3v) is 5.54. The summed E-state index contributed by atoms with van der Waals surface area (Å²) < 4.78 is 8.14. The quantitative estimate of drug-likeness (QED) is 0.258. The molecule has 0 saturated heterocycles. The van der Waals surface area contributed by atoms with E-state index < -0.39 is 0 Å². The fraction of sp³-hybridized carbons (Fsp3) is 0. The molecule has 0 aliphatic carbocycles. The summed E-state index contributed by atoms with van der Waals surface area (Å²) in [5.41, 5.74) is 1.34. The molecule has 5 aromatic rings. The Morgan fingerprint density at radius 3 is 2.08 bits per heavy atom. The zero-order valence-corrected chi connectivity index (χ0v) is 16.0. The van der Waals surface area contributed by atoms with Gasteiger partial charge in [0.05, 0.1) is 5.39 Å². The van der Waals surface area contributed by atoms with Gasteiger partial charge in [0.1, 0.15) is 11.2 Å². The van der Waals surface area contributed by atoms with Gasteiger partial charge >= 0.3 is 0 Å². The lowest BCUT2D eigenvalue weighted by Gasteiger charge is -1.99. The number of furan rings is 1. The van der Waals surface area contributed by atoms with E-state index in [4.69, 9.17) is 4.42 Å². The smallest absolute Gasteiger partial charge is 0.190 e. The van der Waals surface area contributed by atoms with E-state index in [1.54, 1.807) is 6.07 Å². The normalized spacial score (nSPS) is 11.8. The largest absolute Gasteiger partial charge is 0.455 e. The van der Waals surface area contributed by atoms with Gasteiger partial charge in [-0.1, -0.05) is 50.1 Å². The van der Waals surface area contributed by atoms with Crippen LogP contribution in [0.25, 0.3) is 43.5 Å². The van der Waals surface area contributed by atoms with Crippen LogP contribution in [0.4, 0.5) is 0 Å². The summed E-state index contributed by atoms with van der Waals surface area (Å²) in [6, 6.07) is 19.5. The molecule has 0 unspecified atom stereocenters. The second kappa shape index (κ2) is 5.41. The summed E-state index contributed by atoms with van der Waals surface area (Å²) in [6.07, 6.45) is 0. The van der Waals surface area contributed by atoms with Crippen LogP contribution in [-0.2, 0) is 0 Å². The van der Waals surface area contributed by atoms with Gasteiger partial charge < -0.3 is 4.42 Å². The minimum Gasteiger partial charge on any atom is -0.455 e. The molecule has 4 aromatic carbocycles. The van der Waals surface area contributed by atoms with E-state index in [2.05, 4.69) is 37.9 Å². The highest BCUT2D eigenvalue weighted by Crippen LogP contribution is 2.36. The van der Waals surface area contributed by atoms with Gasteiger partial charge in [-0.25, -0.2) is 0 Å². The topological polar surface area (TPSA) is 30.2 Å².